The molecule has 0 aromatic heterocycles. The molecule has 0 saturated carbocycles. The fourth-order valence-electron chi connectivity index (χ4n) is 3.72. The zero-order valence-corrected chi connectivity index (χ0v) is 16.7. The number of benzene rings is 2. The number of hydrogen-bond donors (Lipinski definition) is 0. The quantitative estimate of drug-likeness (QED) is 0.580. The van der Waals surface area contributed by atoms with E-state index in [0.717, 1.165) is 38.1 Å². The average molecular weight is 381 g/mol. The van der Waals surface area contributed by atoms with Gasteiger partial charge in [0.25, 0.3) is 5.91 Å². The van der Waals surface area contributed by atoms with E-state index in [-0.39, 0.29) is 11.9 Å². The monoisotopic (exact) mass is 381 g/mol. The molecular weight excluding hydrogens is 354 g/mol. The summed E-state index contributed by atoms with van der Waals surface area (Å²) in [5.41, 5.74) is 2.62. The zero-order valence-electron chi connectivity index (χ0n) is 16.7. The minimum absolute atomic E-state index is 0.00870. The number of carbonyl (C=O) groups excluding carboxylic acids is 2. The van der Waals surface area contributed by atoms with E-state index in [1.807, 2.05) is 24.0 Å². The van der Waals surface area contributed by atoms with Crippen LogP contribution in [0.2, 0.25) is 0 Å². The number of esters is 1. The normalized spacial score (nSPS) is 14.6. The third kappa shape index (κ3) is 4.71. The summed E-state index contributed by atoms with van der Waals surface area (Å²) in [6.45, 7) is 4.68. The van der Waals surface area contributed by atoms with Gasteiger partial charge in [0.2, 0.25) is 0 Å². The Morgan fingerprint density at radius 2 is 1.75 bits per heavy atom. The fraction of sp³-hybridized carbons (Fsp3) is 0.391. The number of carbonyl (C=O) groups is 2. The molecule has 1 aliphatic heterocycles. The van der Waals surface area contributed by atoms with E-state index >= 15 is 0 Å². The molecule has 0 aliphatic carbocycles. The minimum Gasteiger partial charge on any atom is -0.497 e. The molecule has 0 unspecified atom stereocenters. The van der Waals surface area contributed by atoms with Gasteiger partial charge in [-0.3, -0.25) is 9.59 Å². The minimum atomic E-state index is -0.382. The number of piperidine rings is 1. The third-order valence-corrected chi connectivity index (χ3v) is 5.35. The maximum Gasteiger partial charge on any atom is 0.308 e. The molecule has 3 rings (SSSR count). The molecule has 1 heterocycles. The smallest absolute Gasteiger partial charge is 0.308 e. The number of rotatable bonds is 5. The van der Waals surface area contributed by atoms with Crippen LogP contribution in [0, 0.1) is 12.8 Å². The third-order valence-electron chi connectivity index (χ3n) is 5.35. The van der Waals surface area contributed by atoms with Crippen molar-refractivity contribution in [2.45, 2.75) is 33.1 Å². The molecule has 0 N–H and O–H groups in total. The van der Waals surface area contributed by atoms with Crippen molar-refractivity contribution in [3.05, 3.63) is 59.2 Å². The molecule has 1 fully saturated rings. The summed E-state index contributed by atoms with van der Waals surface area (Å²) in [7, 11) is 1.67. The van der Waals surface area contributed by atoms with Crippen molar-refractivity contribution < 1.29 is 19.1 Å². The molecule has 2 aromatic carbocycles. The van der Waals surface area contributed by atoms with Crippen LogP contribution in [0.4, 0.5) is 0 Å². The lowest BCUT2D eigenvalue weighted by atomic mass is 9.90. The highest BCUT2D eigenvalue weighted by Gasteiger charge is 2.25. The summed E-state index contributed by atoms with van der Waals surface area (Å²) in [6.07, 6.45) is 2.99. The summed E-state index contributed by atoms with van der Waals surface area (Å²) >= 11 is 0. The Labute approximate surface area is 166 Å². The van der Waals surface area contributed by atoms with Crippen LogP contribution in [0.25, 0.3) is 0 Å². The van der Waals surface area contributed by atoms with Crippen LogP contribution in [0.1, 0.15) is 41.3 Å². The molecule has 2 aromatic rings. The van der Waals surface area contributed by atoms with Gasteiger partial charge < -0.3 is 14.4 Å². The van der Waals surface area contributed by atoms with Crippen molar-refractivity contribution in [1.29, 1.82) is 0 Å². The van der Waals surface area contributed by atoms with Gasteiger partial charge in [0.05, 0.1) is 7.11 Å². The first kappa shape index (κ1) is 19.9. The Balaban J connectivity index is 1.60. The van der Waals surface area contributed by atoms with Gasteiger partial charge in [-0.1, -0.05) is 18.2 Å². The van der Waals surface area contributed by atoms with E-state index in [1.54, 1.807) is 25.3 Å². The lowest BCUT2D eigenvalue weighted by Crippen LogP contribution is -2.39. The van der Waals surface area contributed by atoms with Crippen molar-refractivity contribution in [2.75, 3.05) is 20.2 Å². The van der Waals surface area contributed by atoms with Crippen molar-refractivity contribution in [2.24, 2.45) is 5.92 Å². The van der Waals surface area contributed by atoms with Crippen molar-refractivity contribution in [3.8, 4) is 11.5 Å². The highest BCUT2D eigenvalue weighted by Crippen LogP contribution is 2.27. The Kier molecular flexibility index (Phi) is 6.34. The molecule has 0 spiro atoms. The maximum absolute atomic E-state index is 13.0. The largest absolute Gasteiger partial charge is 0.497 e. The number of likely N-dealkylation sites (tertiary alicyclic amines) is 1. The van der Waals surface area contributed by atoms with Crippen LogP contribution in [0.5, 0.6) is 11.5 Å². The van der Waals surface area contributed by atoms with Crippen LogP contribution < -0.4 is 9.47 Å². The molecule has 5 nitrogen and oxygen atoms in total. The van der Waals surface area contributed by atoms with Crippen LogP contribution in [-0.4, -0.2) is 37.0 Å². The second-order valence-corrected chi connectivity index (χ2v) is 7.31. The summed E-state index contributed by atoms with van der Waals surface area (Å²) in [5.74, 6) is 1.52. The molecule has 0 bridgehead atoms. The number of ether oxygens (including phenoxy) is 2. The molecule has 1 amide bonds. The van der Waals surface area contributed by atoms with Gasteiger partial charge in [0.15, 0.2) is 0 Å². The number of hydrogen-bond acceptors (Lipinski definition) is 4. The van der Waals surface area contributed by atoms with Crippen molar-refractivity contribution in [1.82, 2.24) is 4.90 Å². The molecular formula is C23H27NO4. The van der Waals surface area contributed by atoms with E-state index in [0.29, 0.717) is 22.8 Å². The fourth-order valence-corrected chi connectivity index (χ4v) is 3.72. The summed E-state index contributed by atoms with van der Waals surface area (Å²) < 4.78 is 10.4. The maximum atomic E-state index is 13.0. The standard InChI is InChI=1S/C23H27NO4/c1-16-21(5-4-6-22(16)28-17(2)25)23(26)24-13-11-19(12-14-24)15-18-7-9-20(27-3)10-8-18/h4-10,19H,11-15H2,1-3H3. The Bertz CT molecular complexity index is 836. The summed E-state index contributed by atoms with van der Waals surface area (Å²) in [4.78, 5) is 26.1. The molecule has 5 heteroatoms. The average Bonchev–Trinajstić information content (AvgIpc) is 2.70. The second-order valence-electron chi connectivity index (χ2n) is 7.31. The van der Waals surface area contributed by atoms with Crippen LogP contribution >= 0.6 is 0 Å². The molecule has 0 radical (unpaired) electrons. The van der Waals surface area contributed by atoms with Gasteiger partial charge in [-0.05, 0) is 61.9 Å². The Morgan fingerprint density at radius 3 is 2.36 bits per heavy atom. The predicted molar refractivity (Wildman–Crippen MR) is 108 cm³/mol. The predicted octanol–water partition coefficient (Wildman–Crippen LogP) is 4.02. The van der Waals surface area contributed by atoms with Crippen LogP contribution in [0.15, 0.2) is 42.5 Å². The molecule has 148 valence electrons. The Morgan fingerprint density at radius 1 is 1.07 bits per heavy atom. The van der Waals surface area contributed by atoms with Gasteiger partial charge in [0, 0.05) is 31.1 Å². The lowest BCUT2D eigenvalue weighted by Gasteiger charge is -2.32. The van der Waals surface area contributed by atoms with E-state index in [1.165, 1.54) is 12.5 Å². The van der Waals surface area contributed by atoms with Gasteiger partial charge in [-0.25, -0.2) is 0 Å². The Hall–Kier alpha value is -2.82. The SMILES string of the molecule is COc1ccc(CC2CCN(C(=O)c3cccc(OC(C)=O)c3C)CC2)cc1. The highest BCUT2D eigenvalue weighted by molar-refractivity contribution is 5.96. The first-order valence-electron chi connectivity index (χ1n) is 9.68. The van der Waals surface area contributed by atoms with Crippen molar-refractivity contribution >= 4 is 11.9 Å². The van der Waals surface area contributed by atoms with E-state index in [4.69, 9.17) is 9.47 Å². The number of methoxy groups -OCH3 is 1. The van der Waals surface area contributed by atoms with E-state index in [2.05, 4.69) is 12.1 Å². The van der Waals surface area contributed by atoms with Gasteiger partial charge >= 0.3 is 5.97 Å². The first-order chi connectivity index (χ1) is 13.5. The van der Waals surface area contributed by atoms with Crippen molar-refractivity contribution in [3.63, 3.8) is 0 Å². The molecule has 28 heavy (non-hydrogen) atoms. The molecule has 1 aliphatic rings. The topological polar surface area (TPSA) is 55.8 Å². The molecule has 1 saturated heterocycles. The van der Waals surface area contributed by atoms with E-state index < -0.39 is 0 Å². The number of nitrogens with zero attached hydrogens (tertiary/aromatic N) is 1. The molecule has 0 atom stereocenters. The first-order valence-corrected chi connectivity index (χ1v) is 9.68. The second kappa shape index (κ2) is 8.91. The lowest BCUT2D eigenvalue weighted by molar-refractivity contribution is -0.131. The van der Waals surface area contributed by atoms with E-state index in [9.17, 15) is 9.59 Å². The van der Waals surface area contributed by atoms with Crippen LogP contribution in [0.3, 0.4) is 0 Å². The zero-order chi connectivity index (χ0) is 20.1. The number of amides is 1. The summed E-state index contributed by atoms with van der Waals surface area (Å²) in [5, 5.41) is 0. The van der Waals surface area contributed by atoms with Gasteiger partial charge in [-0.2, -0.15) is 0 Å². The van der Waals surface area contributed by atoms with Gasteiger partial charge in [0.1, 0.15) is 11.5 Å². The van der Waals surface area contributed by atoms with Gasteiger partial charge in [-0.15, -0.1) is 0 Å². The summed E-state index contributed by atoms with van der Waals surface area (Å²) in [6, 6.07) is 13.5. The highest BCUT2D eigenvalue weighted by atomic mass is 16.5. The van der Waals surface area contributed by atoms with Crippen LogP contribution in [-0.2, 0) is 11.2 Å².